The molecule has 9 heteroatoms. The molecule has 1 saturated heterocycles. The molecule has 1 fully saturated rings. The van der Waals surface area contributed by atoms with Gasteiger partial charge in [-0.05, 0) is 12.5 Å². The number of benzene rings is 1. The molecular formula is C17H20FN5O2S. The van der Waals surface area contributed by atoms with E-state index in [4.69, 9.17) is 0 Å². The summed E-state index contributed by atoms with van der Waals surface area (Å²) in [6.45, 7) is 1.01. The number of aromatic amines is 1. The molecule has 2 heterocycles. The number of hydrogen-bond acceptors (Lipinski definition) is 5. The second kappa shape index (κ2) is 8.79. The van der Waals surface area contributed by atoms with Crippen molar-refractivity contribution in [3.8, 4) is 0 Å². The third-order valence-electron chi connectivity index (χ3n) is 4.22. The van der Waals surface area contributed by atoms with Crippen molar-refractivity contribution in [2.75, 3.05) is 18.8 Å². The van der Waals surface area contributed by atoms with Crippen LogP contribution in [-0.4, -0.2) is 50.7 Å². The third-order valence-corrected chi connectivity index (χ3v) is 5.10. The van der Waals surface area contributed by atoms with E-state index in [1.165, 1.54) is 24.2 Å². The molecule has 1 aromatic heterocycles. The number of nitrogens with one attached hydrogen (secondary N) is 2. The highest BCUT2D eigenvalue weighted by atomic mass is 32.2. The Labute approximate surface area is 154 Å². The van der Waals surface area contributed by atoms with Crippen LogP contribution in [0.15, 0.2) is 35.7 Å². The zero-order valence-electron chi connectivity index (χ0n) is 14.2. The maximum atomic E-state index is 13.8. The summed E-state index contributed by atoms with van der Waals surface area (Å²) in [7, 11) is 0. The molecule has 26 heavy (non-hydrogen) atoms. The number of carbonyl (C=O) groups excluding carboxylic acids is 2. The molecule has 2 N–H and O–H groups in total. The van der Waals surface area contributed by atoms with Crippen molar-refractivity contribution in [2.24, 2.45) is 5.92 Å². The fourth-order valence-corrected chi connectivity index (χ4v) is 3.48. The van der Waals surface area contributed by atoms with Crippen molar-refractivity contribution in [1.82, 2.24) is 25.4 Å². The van der Waals surface area contributed by atoms with Crippen LogP contribution in [0, 0.1) is 11.7 Å². The number of thioether (sulfide) groups is 1. The molecule has 0 radical (unpaired) electrons. The lowest BCUT2D eigenvalue weighted by Gasteiger charge is -2.32. The first kappa shape index (κ1) is 18.4. The van der Waals surface area contributed by atoms with Crippen LogP contribution in [0.2, 0.25) is 0 Å². The Balaban J connectivity index is 1.48. The van der Waals surface area contributed by atoms with Crippen molar-refractivity contribution in [3.63, 3.8) is 0 Å². The van der Waals surface area contributed by atoms with Crippen LogP contribution >= 0.6 is 11.8 Å². The average Bonchev–Trinajstić information content (AvgIpc) is 3.15. The van der Waals surface area contributed by atoms with Gasteiger partial charge < -0.3 is 10.2 Å². The molecule has 1 atom stereocenters. The van der Waals surface area contributed by atoms with Crippen LogP contribution in [0.1, 0.15) is 18.4 Å². The zero-order valence-corrected chi connectivity index (χ0v) is 15.0. The van der Waals surface area contributed by atoms with Crippen molar-refractivity contribution < 1.29 is 14.0 Å². The molecular weight excluding hydrogens is 357 g/mol. The van der Waals surface area contributed by atoms with Gasteiger partial charge in [0.25, 0.3) is 0 Å². The normalized spacial score (nSPS) is 17.3. The summed E-state index contributed by atoms with van der Waals surface area (Å²) >= 11 is 1.47. The van der Waals surface area contributed by atoms with E-state index in [1.807, 2.05) is 0 Å². The van der Waals surface area contributed by atoms with E-state index in [0.29, 0.717) is 42.4 Å². The summed E-state index contributed by atoms with van der Waals surface area (Å²) < 4.78 is 13.8. The van der Waals surface area contributed by atoms with Crippen LogP contribution in [-0.2, 0) is 16.1 Å². The van der Waals surface area contributed by atoms with Crippen LogP contribution in [0.4, 0.5) is 4.39 Å². The van der Waals surface area contributed by atoms with E-state index in [1.54, 1.807) is 23.1 Å². The van der Waals surface area contributed by atoms with Gasteiger partial charge >= 0.3 is 0 Å². The first-order valence-electron chi connectivity index (χ1n) is 8.40. The molecule has 2 aromatic rings. The van der Waals surface area contributed by atoms with Crippen molar-refractivity contribution in [1.29, 1.82) is 0 Å². The molecule has 1 aliphatic heterocycles. The number of likely N-dealkylation sites (tertiary alicyclic amines) is 1. The minimum absolute atomic E-state index is 0.0434. The van der Waals surface area contributed by atoms with Crippen molar-refractivity contribution >= 4 is 23.6 Å². The SMILES string of the molecule is O=C(NCCSc1ncn[nH]1)[C@H]1CCC(=O)N(Cc2ccccc2F)C1. The van der Waals surface area contributed by atoms with Gasteiger partial charge in [-0.3, -0.25) is 14.7 Å². The van der Waals surface area contributed by atoms with Gasteiger partial charge in [-0.15, -0.1) is 0 Å². The first-order valence-corrected chi connectivity index (χ1v) is 9.39. The molecule has 1 aliphatic rings. The Kier molecular flexibility index (Phi) is 6.21. The number of H-pyrrole nitrogens is 1. The number of rotatable bonds is 7. The fraction of sp³-hybridized carbons (Fsp3) is 0.412. The van der Waals surface area contributed by atoms with Gasteiger partial charge in [0.2, 0.25) is 11.8 Å². The van der Waals surface area contributed by atoms with Gasteiger partial charge in [0.15, 0.2) is 5.16 Å². The molecule has 0 saturated carbocycles. The van der Waals surface area contributed by atoms with E-state index < -0.39 is 0 Å². The van der Waals surface area contributed by atoms with E-state index in [0.717, 1.165) is 0 Å². The average molecular weight is 377 g/mol. The second-order valence-corrected chi connectivity index (χ2v) is 7.12. The molecule has 1 aromatic carbocycles. The number of carbonyl (C=O) groups is 2. The largest absolute Gasteiger partial charge is 0.355 e. The highest BCUT2D eigenvalue weighted by molar-refractivity contribution is 7.99. The van der Waals surface area contributed by atoms with Crippen molar-refractivity contribution in [2.45, 2.75) is 24.5 Å². The predicted molar refractivity (Wildman–Crippen MR) is 94.7 cm³/mol. The monoisotopic (exact) mass is 377 g/mol. The summed E-state index contributed by atoms with van der Waals surface area (Å²) in [4.78, 5) is 30.0. The van der Waals surface area contributed by atoms with Gasteiger partial charge in [0.05, 0.1) is 5.92 Å². The third kappa shape index (κ3) is 4.81. The maximum Gasteiger partial charge on any atom is 0.224 e. The summed E-state index contributed by atoms with van der Waals surface area (Å²) in [5.74, 6) is -0.0515. The molecule has 0 aliphatic carbocycles. The quantitative estimate of drug-likeness (QED) is 0.565. The van der Waals surface area contributed by atoms with Crippen LogP contribution < -0.4 is 5.32 Å². The van der Waals surface area contributed by atoms with Crippen molar-refractivity contribution in [3.05, 3.63) is 42.0 Å². The van der Waals surface area contributed by atoms with E-state index in [-0.39, 0.29) is 30.1 Å². The minimum Gasteiger partial charge on any atom is -0.355 e. The lowest BCUT2D eigenvalue weighted by Crippen LogP contribution is -2.45. The molecule has 0 unspecified atom stereocenters. The molecule has 3 rings (SSSR count). The Morgan fingerprint density at radius 2 is 2.27 bits per heavy atom. The number of nitrogens with zero attached hydrogens (tertiary/aromatic N) is 3. The zero-order chi connectivity index (χ0) is 18.4. The molecule has 0 bridgehead atoms. The fourth-order valence-electron chi connectivity index (χ4n) is 2.84. The standard InChI is InChI=1S/C17H20FN5O2S/c18-14-4-2-1-3-12(14)9-23-10-13(5-6-15(23)24)16(25)19-7-8-26-17-20-11-21-22-17/h1-4,11,13H,5-10H2,(H,19,25)(H,20,21,22)/t13-/m0/s1. The molecule has 0 spiro atoms. The van der Waals surface area contributed by atoms with Gasteiger partial charge in [-0.2, -0.15) is 5.10 Å². The van der Waals surface area contributed by atoms with E-state index in [9.17, 15) is 14.0 Å². The smallest absolute Gasteiger partial charge is 0.224 e. The lowest BCUT2D eigenvalue weighted by atomic mass is 9.96. The van der Waals surface area contributed by atoms with E-state index in [2.05, 4.69) is 20.5 Å². The predicted octanol–water partition coefficient (Wildman–Crippen LogP) is 1.59. The topological polar surface area (TPSA) is 91.0 Å². The Morgan fingerprint density at radius 1 is 1.42 bits per heavy atom. The minimum atomic E-state index is -0.337. The van der Waals surface area contributed by atoms with E-state index >= 15 is 0 Å². The van der Waals surface area contributed by atoms with Gasteiger partial charge in [0, 0.05) is 37.4 Å². The van der Waals surface area contributed by atoms with Crippen LogP contribution in [0.3, 0.4) is 0 Å². The number of amides is 2. The molecule has 138 valence electrons. The molecule has 2 amide bonds. The summed E-state index contributed by atoms with van der Waals surface area (Å²) in [5.41, 5.74) is 0.463. The lowest BCUT2D eigenvalue weighted by molar-refractivity contribution is -0.138. The van der Waals surface area contributed by atoms with Gasteiger partial charge in [-0.25, -0.2) is 9.37 Å². The number of hydrogen-bond donors (Lipinski definition) is 2. The van der Waals surface area contributed by atoms with Gasteiger partial charge in [0.1, 0.15) is 12.1 Å². The Hall–Kier alpha value is -2.42. The number of halogens is 1. The highest BCUT2D eigenvalue weighted by Gasteiger charge is 2.30. The Bertz CT molecular complexity index is 755. The first-order chi connectivity index (χ1) is 12.6. The summed E-state index contributed by atoms with van der Waals surface area (Å²) in [6.07, 6.45) is 2.26. The highest BCUT2D eigenvalue weighted by Crippen LogP contribution is 2.21. The van der Waals surface area contributed by atoms with Crippen LogP contribution in [0.25, 0.3) is 0 Å². The maximum absolute atomic E-state index is 13.8. The molecule has 7 nitrogen and oxygen atoms in total. The second-order valence-electron chi connectivity index (χ2n) is 6.03. The number of aromatic nitrogens is 3. The van der Waals surface area contributed by atoms with Gasteiger partial charge in [-0.1, -0.05) is 30.0 Å². The summed E-state index contributed by atoms with van der Waals surface area (Å²) in [5, 5.41) is 10.1. The van der Waals surface area contributed by atoms with Crippen LogP contribution in [0.5, 0.6) is 0 Å². The summed E-state index contributed by atoms with van der Waals surface area (Å²) in [6, 6.07) is 6.39. The number of piperidine rings is 1. The Morgan fingerprint density at radius 3 is 3.04 bits per heavy atom.